The van der Waals surface area contributed by atoms with Gasteiger partial charge in [0.1, 0.15) is 0 Å². The summed E-state index contributed by atoms with van der Waals surface area (Å²) in [5.74, 6) is -1.09. The molecule has 7 heteroatoms. The van der Waals surface area contributed by atoms with Crippen molar-refractivity contribution in [1.29, 1.82) is 0 Å². The van der Waals surface area contributed by atoms with Gasteiger partial charge >= 0.3 is 12.1 Å². The fourth-order valence-corrected chi connectivity index (χ4v) is 1.39. The van der Waals surface area contributed by atoms with Crippen LogP contribution in [0.3, 0.4) is 0 Å². The Morgan fingerprint density at radius 2 is 1.83 bits per heavy atom. The number of benzene rings is 1. The molecule has 0 bridgehead atoms. The predicted octanol–water partition coefficient (Wildman–Crippen LogP) is 2.59. The minimum atomic E-state index is -4.49. The van der Waals surface area contributed by atoms with E-state index in [9.17, 15) is 18.0 Å². The van der Waals surface area contributed by atoms with E-state index in [0.717, 1.165) is 12.5 Å². The van der Waals surface area contributed by atoms with Crippen LogP contribution in [0.1, 0.15) is 16.1 Å². The van der Waals surface area contributed by atoms with Crippen molar-refractivity contribution in [3.8, 4) is 5.69 Å². The lowest BCUT2D eigenvalue weighted by atomic mass is 10.2. The zero-order valence-electron chi connectivity index (χ0n) is 8.85. The minimum Gasteiger partial charge on any atom is -0.478 e. The molecule has 2 rings (SSSR count). The zero-order chi connectivity index (χ0) is 13.3. The van der Waals surface area contributed by atoms with Crippen LogP contribution < -0.4 is 0 Å². The summed E-state index contributed by atoms with van der Waals surface area (Å²) in [5.41, 5.74) is -0.525. The number of halogens is 3. The molecule has 0 unspecified atom stereocenters. The van der Waals surface area contributed by atoms with Gasteiger partial charge in [0.25, 0.3) is 0 Å². The Balaban J connectivity index is 2.32. The molecule has 0 saturated carbocycles. The van der Waals surface area contributed by atoms with Gasteiger partial charge in [-0.3, -0.25) is 0 Å². The summed E-state index contributed by atoms with van der Waals surface area (Å²) in [5, 5.41) is 8.69. The molecule has 4 nitrogen and oxygen atoms in total. The highest BCUT2D eigenvalue weighted by Gasteiger charge is 2.33. The third-order valence-electron chi connectivity index (χ3n) is 2.29. The lowest BCUT2D eigenvalue weighted by molar-refractivity contribution is -0.140. The number of rotatable bonds is 2. The largest absolute Gasteiger partial charge is 0.478 e. The molecule has 2 aromatic rings. The summed E-state index contributed by atoms with van der Waals surface area (Å²) in [7, 11) is 0. The van der Waals surface area contributed by atoms with Crippen molar-refractivity contribution in [2.45, 2.75) is 6.18 Å². The summed E-state index contributed by atoms with van der Waals surface area (Å²) in [6, 6.07) is 5.44. The molecule has 94 valence electrons. The van der Waals surface area contributed by atoms with E-state index in [1.165, 1.54) is 28.8 Å². The average Bonchev–Trinajstić information content (AvgIpc) is 2.78. The Hall–Kier alpha value is -2.31. The van der Waals surface area contributed by atoms with E-state index >= 15 is 0 Å². The third kappa shape index (κ3) is 2.34. The quantitative estimate of drug-likeness (QED) is 0.898. The maximum absolute atomic E-state index is 12.3. The SMILES string of the molecule is O=C(O)c1ccc(-n2cnc(C(F)(F)F)c2)cc1. The lowest BCUT2D eigenvalue weighted by Crippen LogP contribution is -2.04. The molecule has 0 fully saturated rings. The van der Waals surface area contributed by atoms with Gasteiger partial charge in [0.15, 0.2) is 5.69 Å². The normalized spacial score (nSPS) is 11.5. The van der Waals surface area contributed by atoms with E-state index in [2.05, 4.69) is 4.98 Å². The molecule has 1 aromatic carbocycles. The first-order valence-electron chi connectivity index (χ1n) is 4.83. The molecule has 0 radical (unpaired) electrons. The Morgan fingerprint density at radius 1 is 1.22 bits per heavy atom. The van der Waals surface area contributed by atoms with Gasteiger partial charge in [-0.2, -0.15) is 13.2 Å². The molecule has 1 aromatic heterocycles. The second-order valence-corrected chi connectivity index (χ2v) is 3.52. The van der Waals surface area contributed by atoms with Gasteiger partial charge in [0, 0.05) is 11.9 Å². The first-order valence-corrected chi connectivity index (χ1v) is 4.83. The second kappa shape index (κ2) is 4.17. The lowest BCUT2D eigenvalue weighted by Gasteiger charge is -2.03. The Labute approximate surface area is 99.3 Å². The fourth-order valence-electron chi connectivity index (χ4n) is 1.39. The molecular weight excluding hydrogens is 249 g/mol. The van der Waals surface area contributed by atoms with Crippen LogP contribution in [0.5, 0.6) is 0 Å². The highest BCUT2D eigenvalue weighted by atomic mass is 19.4. The van der Waals surface area contributed by atoms with Gasteiger partial charge in [-0.15, -0.1) is 0 Å². The van der Waals surface area contributed by atoms with Crippen molar-refractivity contribution in [2.75, 3.05) is 0 Å². The molecule has 0 saturated heterocycles. The standard InChI is InChI=1S/C11H7F3N2O2/c12-11(13,14)9-5-16(6-15-9)8-3-1-7(2-4-8)10(17)18/h1-6H,(H,17,18). The van der Waals surface area contributed by atoms with Gasteiger partial charge < -0.3 is 9.67 Å². The number of carboxylic acids is 1. The van der Waals surface area contributed by atoms with Gasteiger partial charge in [-0.05, 0) is 24.3 Å². The fraction of sp³-hybridized carbons (Fsp3) is 0.0909. The summed E-state index contributed by atoms with van der Waals surface area (Å²) in [4.78, 5) is 13.9. The van der Waals surface area contributed by atoms with Crippen LogP contribution in [0.2, 0.25) is 0 Å². The number of imidazole rings is 1. The molecule has 1 heterocycles. The number of nitrogens with zero attached hydrogens (tertiary/aromatic N) is 2. The minimum absolute atomic E-state index is 0.0647. The van der Waals surface area contributed by atoms with Crippen LogP contribution in [0, 0.1) is 0 Å². The topological polar surface area (TPSA) is 55.1 Å². The second-order valence-electron chi connectivity index (χ2n) is 3.52. The first kappa shape index (κ1) is 12.2. The van der Waals surface area contributed by atoms with Crippen molar-refractivity contribution < 1.29 is 23.1 Å². The van der Waals surface area contributed by atoms with Crippen LogP contribution in [-0.2, 0) is 6.18 Å². The zero-order valence-corrected chi connectivity index (χ0v) is 8.85. The number of carboxylic acid groups (broad SMARTS) is 1. The summed E-state index contributed by atoms with van der Waals surface area (Å²) >= 11 is 0. The van der Waals surface area contributed by atoms with E-state index in [0.29, 0.717) is 5.69 Å². The van der Waals surface area contributed by atoms with Gasteiger partial charge in [-0.25, -0.2) is 9.78 Å². The van der Waals surface area contributed by atoms with E-state index in [1.54, 1.807) is 0 Å². The van der Waals surface area contributed by atoms with Crippen molar-refractivity contribution >= 4 is 5.97 Å². The molecular formula is C11H7F3N2O2. The maximum Gasteiger partial charge on any atom is 0.434 e. The summed E-state index contributed by atoms with van der Waals surface area (Å²) < 4.78 is 38.2. The van der Waals surface area contributed by atoms with Crippen LogP contribution >= 0.6 is 0 Å². The average molecular weight is 256 g/mol. The van der Waals surface area contributed by atoms with E-state index < -0.39 is 17.8 Å². The molecule has 0 aliphatic heterocycles. The number of alkyl halides is 3. The molecule has 0 aliphatic carbocycles. The molecule has 0 aliphatic rings. The van der Waals surface area contributed by atoms with Crippen LogP contribution in [0.15, 0.2) is 36.8 Å². The van der Waals surface area contributed by atoms with Crippen LogP contribution in [-0.4, -0.2) is 20.6 Å². The van der Waals surface area contributed by atoms with Gasteiger partial charge in [0.05, 0.1) is 11.9 Å². The summed E-state index contributed by atoms with van der Waals surface area (Å²) in [6.07, 6.45) is -2.62. The molecule has 0 amide bonds. The van der Waals surface area contributed by atoms with Crippen LogP contribution in [0.25, 0.3) is 5.69 Å². The van der Waals surface area contributed by atoms with Gasteiger partial charge in [0.2, 0.25) is 0 Å². The number of aromatic nitrogens is 2. The molecule has 0 atom stereocenters. The van der Waals surface area contributed by atoms with Crippen molar-refractivity contribution in [1.82, 2.24) is 9.55 Å². The Morgan fingerprint density at radius 3 is 2.28 bits per heavy atom. The number of hydrogen-bond donors (Lipinski definition) is 1. The first-order chi connectivity index (χ1) is 8.38. The number of hydrogen-bond acceptors (Lipinski definition) is 2. The third-order valence-corrected chi connectivity index (χ3v) is 2.29. The summed E-state index contributed by atoms with van der Waals surface area (Å²) in [6.45, 7) is 0. The number of carbonyl (C=O) groups is 1. The highest BCUT2D eigenvalue weighted by Crippen LogP contribution is 2.28. The highest BCUT2D eigenvalue weighted by molar-refractivity contribution is 5.87. The van der Waals surface area contributed by atoms with Crippen LogP contribution in [0.4, 0.5) is 13.2 Å². The van der Waals surface area contributed by atoms with E-state index in [1.807, 2.05) is 0 Å². The van der Waals surface area contributed by atoms with Crippen molar-refractivity contribution in [3.05, 3.63) is 48.0 Å². The van der Waals surface area contributed by atoms with Crippen molar-refractivity contribution in [2.24, 2.45) is 0 Å². The van der Waals surface area contributed by atoms with E-state index in [4.69, 9.17) is 5.11 Å². The Kier molecular flexibility index (Phi) is 2.82. The Bertz CT molecular complexity index is 573. The molecule has 1 N–H and O–H groups in total. The smallest absolute Gasteiger partial charge is 0.434 e. The number of aromatic carboxylic acids is 1. The van der Waals surface area contributed by atoms with Crippen molar-refractivity contribution in [3.63, 3.8) is 0 Å². The maximum atomic E-state index is 12.3. The molecule has 18 heavy (non-hydrogen) atoms. The molecule has 0 spiro atoms. The van der Waals surface area contributed by atoms with Gasteiger partial charge in [-0.1, -0.05) is 0 Å². The monoisotopic (exact) mass is 256 g/mol. The predicted molar refractivity (Wildman–Crippen MR) is 55.5 cm³/mol. The van der Waals surface area contributed by atoms with E-state index in [-0.39, 0.29) is 5.56 Å².